The minimum atomic E-state index is 0.147. The van der Waals surface area contributed by atoms with Gasteiger partial charge in [-0.1, -0.05) is 6.07 Å². The molecule has 2 rings (SSSR count). The van der Waals surface area contributed by atoms with Crippen molar-refractivity contribution in [3.8, 4) is 6.07 Å². The summed E-state index contributed by atoms with van der Waals surface area (Å²) in [6.07, 6.45) is 0. The fraction of sp³-hybridized carbons (Fsp3) is 0.231. The highest BCUT2D eigenvalue weighted by atomic mass is 32.1. The van der Waals surface area contributed by atoms with Gasteiger partial charge in [-0.25, -0.2) is 4.98 Å². The smallest absolute Gasteiger partial charge is 0.0992 e. The third kappa shape index (κ3) is 2.83. The largest absolute Gasteiger partial charge is 0.377 e. The summed E-state index contributed by atoms with van der Waals surface area (Å²) in [5, 5.41) is 15.3. The molecule has 0 spiro atoms. The van der Waals surface area contributed by atoms with Crippen molar-refractivity contribution in [2.24, 2.45) is 0 Å². The fourth-order valence-corrected chi connectivity index (χ4v) is 2.29. The van der Waals surface area contributed by atoms with E-state index in [1.165, 1.54) is 0 Å². The van der Waals surface area contributed by atoms with E-state index in [2.05, 4.69) is 28.7 Å². The van der Waals surface area contributed by atoms with Gasteiger partial charge in [0.2, 0.25) is 0 Å². The second-order valence-electron chi connectivity index (χ2n) is 3.85. The van der Waals surface area contributed by atoms with E-state index in [1.54, 1.807) is 17.4 Å². The molecule has 86 valence electrons. The first-order valence-corrected chi connectivity index (χ1v) is 6.26. The summed E-state index contributed by atoms with van der Waals surface area (Å²) in [5.74, 6) is 0. The first-order chi connectivity index (χ1) is 8.19. The third-order valence-electron chi connectivity index (χ3n) is 2.46. The number of thiazole rings is 1. The van der Waals surface area contributed by atoms with E-state index in [4.69, 9.17) is 5.26 Å². The zero-order valence-electron chi connectivity index (χ0n) is 9.77. The molecule has 0 radical (unpaired) electrons. The normalized spacial score (nSPS) is 11.8. The molecule has 1 heterocycles. The van der Waals surface area contributed by atoms with Crippen molar-refractivity contribution >= 4 is 17.0 Å². The van der Waals surface area contributed by atoms with Gasteiger partial charge in [0.1, 0.15) is 0 Å². The average molecular weight is 243 g/mol. The van der Waals surface area contributed by atoms with E-state index in [-0.39, 0.29) is 6.04 Å². The number of anilines is 1. The van der Waals surface area contributed by atoms with Crippen LogP contribution >= 0.6 is 11.3 Å². The van der Waals surface area contributed by atoms with E-state index < -0.39 is 0 Å². The highest BCUT2D eigenvalue weighted by molar-refractivity contribution is 7.09. The minimum Gasteiger partial charge on any atom is -0.377 e. The van der Waals surface area contributed by atoms with Crippen LogP contribution < -0.4 is 5.32 Å². The molecule has 1 N–H and O–H groups in total. The molecule has 2 aromatic rings. The molecule has 0 aliphatic rings. The number of aromatic nitrogens is 1. The van der Waals surface area contributed by atoms with Gasteiger partial charge in [0.25, 0.3) is 0 Å². The van der Waals surface area contributed by atoms with Crippen LogP contribution in [0, 0.1) is 18.3 Å². The van der Waals surface area contributed by atoms with Crippen LogP contribution in [0.2, 0.25) is 0 Å². The van der Waals surface area contributed by atoms with Gasteiger partial charge in [-0.15, -0.1) is 11.3 Å². The number of nitrogens with zero attached hydrogens (tertiary/aromatic N) is 2. The molecular weight excluding hydrogens is 230 g/mol. The first kappa shape index (κ1) is 11.6. The SMILES string of the molecule is Cc1nc(C(C)Nc2cccc(C#N)c2)cs1. The van der Waals surface area contributed by atoms with Gasteiger partial charge in [0.15, 0.2) is 0 Å². The monoisotopic (exact) mass is 243 g/mol. The van der Waals surface area contributed by atoms with Crippen molar-refractivity contribution in [1.82, 2.24) is 4.98 Å². The lowest BCUT2D eigenvalue weighted by atomic mass is 10.2. The summed E-state index contributed by atoms with van der Waals surface area (Å²) in [7, 11) is 0. The minimum absolute atomic E-state index is 0.147. The van der Waals surface area contributed by atoms with Crippen LogP contribution in [0.15, 0.2) is 29.6 Å². The van der Waals surface area contributed by atoms with Gasteiger partial charge < -0.3 is 5.32 Å². The van der Waals surface area contributed by atoms with Crippen LogP contribution in [-0.2, 0) is 0 Å². The van der Waals surface area contributed by atoms with Gasteiger partial charge in [-0.05, 0) is 32.0 Å². The number of aryl methyl sites for hydroxylation is 1. The van der Waals surface area contributed by atoms with Crippen molar-refractivity contribution < 1.29 is 0 Å². The lowest BCUT2D eigenvalue weighted by molar-refractivity contribution is 0.845. The van der Waals surface area contributed by atoms with Gasteiger partial charge >= 0.3 is 0 Å². The topological polar surface area (TPSA) is 48.7 Å². The quantitative estimate of drug-likeness (QED) is 0.897. The lowest BCUT2D eigenvalue weighted by Gasteiger charge is -2.13. The number of nitrogens with one attached hydrogen (secondary N) is 1. The van der Waals surface area contributed by atoms with Crippen LogP contribution in [0.25, 0.3) is 0 Å². The maximum Gasteiger partial charge on any atom is 0.0992 e. The standard InChI is InChI=1S/C13H13N3S/c1-9(13-8-17-10(2)16-13)15-12-5-3-4-11(6-12)7-14/h3-6,8-9,15H,1-2H3. The molecule has 0 aliphatic carbocycles. The Hall–Kier alpha value is -1.86. The Morgan fingerprint density at radius 1 is 1.47 bits per heavy atom. The number of benzene rings is 1. The predicted molar refractivity (Wildman–Crippen MR) is 70.0 cm³/mol. The Labute approximate surface area is 105 Å². The summed E-state index contributed by atoms with van der Waals surface area (Å²) in [6.45, 7) is 4.06. The molecule has 0 saturated heterocycles. The van der Waals surface area contributed by atoms with Crippen LogP contribution in [0.1, 0.15) is 29.2 Å². The van der Waals surface area contributed by atoms with E-state index in [0.29, 0.717) is 5.56 Å². The number of hydrogen-bond donors (Lipinski definition) is 1. The van der Waals surface area contributed by atoms with E-state index >= 15 is 0 Å². The number of rotatable bonds is 3. The summed E-state index contributed by atoms with van der Waals surface area (Å²) < 4.78 is 0. The second-order valence-corrected chi connectivity index (χ2v) is 4.91. The predicted octanol–water partition coefficient (Wildman–Crippen LogP) is 3.50. The molecule has 0 aliphatic heterocycles. The molecule has 0 fully saturated rings. The molecule has 0 bridgehead atoms. The van der Waals surface area contributed by atoms with E-state index in [1.807, 2.05) is 25.1 Å². The Balaban J connectivity index is 2.13. The molecule has 1 atom stereocenters. The maximum atomic E-state index is 8.83. The van der Waals surface area contributed by atoms with Crippen LogP contribution in [-0.4, -0.2) is 4.98 Å². The van der Waals surface area contributed by atoms with Gasteiger partial charge in [-0.3, -0.25) is 0 Å². The first-order valence-electron chi connectivity index (χ1n) is 5.38. The van der Waals surface area contributed by atoms with Gasteiger partial charge in [0, 0.05) is 11.1 Å². The van der Waals surface area contributed by atoms with Crippen molar-refractivity contribution in [2.75, 3.05) is 5.32 Å². The van der Waals surface area contributed by atoms with Crippen molar-refractivity contribution in [2.45, 2.75) is 19.9 Å². The van der Waals surface area contributed by atoms with Gasteiger partial charge in [0.05, 0.1) is 28.4 Å². The molecule has 1 unspecified atom stereocenters. The van der Waals surface area contributed by atoms with Gasteiger partial charge in [-0.2, -0.15) is 5.26 Å². The highest BCUT2D eigenvalue weighted by Crippen LogP contribution is 2.21. The van der Waals surface area contributed by atoms with E-state index in [0.717, 1.165) is 16.4 Å². The van der Waals surface area contributed by atoms with E-state index in [9.17, 15) is 0 Å². The molecule has 3 nitrogen and oxygen atoms in total. The summed E-state index contributed by atoms with van der Waals surface area (Å²) in [6, 6.07) is 9.75. The molecule has 4 heteroatoms. The molecule has 0 amide bonds. The molecule has 1 aromatic carbocycles. The molecule has 1 aromatic heterocycles. The maximum absolute atomic E-state index is 8.83. The number of nitriles is 1. The van der Waals surface area contributed by atoms with Crippen LogP contribution in [0.4, 0.5) is 5.69 Å². The summed E-state index contributed by atoms with van der Waals surface area (Å²) in [5.41, 5.74) is 2.65. The second kappa shape index (κ2) is 4.98. The van der Waals surface area contributed by atoms with Crippen LogP contribution in [0.5, 0.6) is 0 Å². The Morgan fingerprint density at radius 3 is 2.94 bits per heavy atom. The summed E-state index contributed by atoms with van der Waals surface area (Å²) >= 11 is 1.65. The van der Waals surface area contributed by atoms with Crippen molar-refractivity contribution in [3.63, 3.8) is 0 Å². The Kier molecular flexibility index (Phi) is 3.40. The Morgan fingerprint density at radius 2 is 2.29 bits per heavy atom. The van der Waals surface area contributed by atoms with Crippen molar-refractivity contribution in [1.29, 1.82) is 5.26 Å². The zero-order valence-corrected chi connectivity index (χ0v) is 10.6. The zero-order chi connectivity index (χ0) is 12.3. The lowest BCUT2D eigenvalue weighted by Crippen LogP contribution is -2.07. The highest BCUT2D eigenvalue weighted by Gasteiger charge is 2.08. The number of hydrogen-bond acceptors (Lipinski definition) is 4. The average Bonchev–Trinajstić information content (AvgIpc) is 2.76. The van der Waals surface area contributed by atoms with Crippen molar-refractivity contribution in [3.05, 3.63) is 45.9 Å². The fourth-order valence-electron chi connectivity index (χ4n) is 1.58. The molecule has 17 heavy (non-hydrogen) atoms. The van der Waals surface area contributed by atoms with Crippen LogP contribution in [0.3, 0.4) is 0 Å². The third-order valence-corrected chi connectivity index (χ3v) is 3.25. The molecule has 0 saturated carbocycles. The molecular formula is C13H13N3S. The Bertz CT molecular complexity index is 554. The summed E-state index contributed by atoms with van der Waals surface area (Å²) in [4.78, 5) is 4.44.